The molecule has 0 radical (unpaired) electrons. The van der Waals surface area contributed by atoms with Crippen molar-refractivity contribution in [3.63, 3.8) is 0 Å². The van der Waals surface area contributed by atoms with Crippen molar-refractivity contribution in [1.29, 1.82) is 0 Å². The highest BCUT2D eigenvalue weighted by Gasteiger charge is 2.32. The van der Waals surface area contributed by atoms with Crippen LogP contribution in [-0.4, -0.2) is 49.2 Å². The van der Waals surface area contributed by atoms with Crippen molar-refractivity contribution in [2.24, 2.45) is 0 Å². The van der Waals surface area contributed by atoms with Crippen LogP contribution < -0.4 is 15.4 Å². The molecule has 1 fully saturated rings. The summed E-state index contributed by atoms with van der Waals surface area (Å²) in [7, 11) is 1.68. The molecule has 47 heavy (non-hydrogen) atoms. The first-order valence-electron chi connectivity index (χ1n) is 15.6. The standard InChI is InChI=1S/C37H40N2O7S/c1-3-44-35(41)22-39-37(42)38-21-29-8-4-5-9-31(29)26-16-18-28(19-17-26)36-45-30(24-47-34-11-7-6-10-32(34)43-2)20-33(46-36)27-14-12-25(23-40)13-15-27/h4-19,30,33,36,40H,3,20-24H2,1-2H3,(H2,38,39,42). The van der Waals surface area contributed by atoms with E-state index in [1.54, 1.807) is 25.8 Å². The molecule has 246 valence electrons. The molecule has 0 spiro atoms. The van der Waals surface area contributed by atoms with E-state index < -0.39 is 18.3 Å². The van der Waals surface area contributed by atoms with Gasteiger partial charge in [0.05, 0.1) is 32.5 Å². The van der Waals surface area contributed by atoms with Crippen molar-refractivity contribution in [1.82, 2.24) is 10.6 Å². The van der Waals surface area contributed by atoms with E-state index >= 15 is 0 Å². The van der Waals surface area contributed by atoms with Crippen molar-refractivity contribution >= 4 is 23.8 Å². The molecule has 4 aromatic rings. The molecule has 0 bridgehead atoms. The molecule has 4 aromatic carbocycles. The highest BCUT2D eigenvalue weighted by atomic mass is 32.2. The quantitative estimate of drug-likeness (QED) is 0.110. The van der Waals surface area contributed by atoms with Crippen LogP contribution in [0, 0.1) is 0 Å². The van der Waals surface area contributed by atoms with Gasteiger partial charge < -0.3 is 34.7 Å². The maximum absolute atomic E-state index is 12.3. The lowest BCUT2D eigenvalue weighted by molar-refractivity contribution is -0.245. The summed E-state index contributed by atoms with van der Waals surface area (Å²) in [6.07, 6.45) is -0.175. The Kier molecular flexibility index (Phi) is 12.3. The first kappa shape index (κ1) is 34.0. The van der Waals surface area contributed by atoms with Crippen molar-refractivity contribution in [2.75, 3.05) is 26.0 Å². The number of nitrogens with one attached hydrogen (secondary N) is 2. The molecular formula is C37H40N2O7S. The van der Waals surface area contributed by atoms with Crippen molar-refractivity contribution in [3.8, 4) is 16.9 Å². The first-order valence-corrected chi connectivity index (χ1v) is 16.6. The fourth-order valence-electron chi connectivity index (χ4n) is 5.32. The van der Waals surface area contributed by atoms with Gasteiger partial charge in [0, 0.05) is 29.2 Å². The van der Waals surface area contributed by atoms with Crippen LogP contribution in [0.2, 0.25) is 0 Å². The van der Waals surface area contributed by atoms with E-state index in [1.807, 2.05) is 97.1 Å². The molecule has 9 nitrogen and oxygen atoms in total. The number of esters is 1. The Balaban J connectivity index is 1.29. The summed E-state index contributed by atoms with van der Waals surface area (Å²) in [6, 6.07) is 31.3. The number of methoxy groups -OCH3 is 1. The molecule has 10 heteroatoms. The highest BCUT2D eigenvalue weighted by Crippen LogP contribution is 2.41. The maximum Gasteiger partial charge on any atom is 0.325 e. The number of rotatable bonds is 13. The van der Waals surface area contributed by atoms with Gasteiger partial charge >= 0.3 is 12.0 Å². The zero-order valence-electron chi connectivity index (χ0n) is 26.5. The number of ether oxygens (including phenoxy) is 4. The van der Waals surface area contributed by atoms with Crippen LogP contribution in [0.3, 0.4) is 0 Å². The average molecular weight is 657 g/mol. The molecule has 3 unspecified atom stereocenters. The summed E-state index contributed by atoms with van der Waals surface area (Å²) in [5.41, 5.74) is 5.66. The van der Waals surface area contributed by atoms with Crippen molar-refractivity contribution in [2.45, 2.75) is 49.9 Å². The summed E-state index contributed by atoms with van der Waals surface area (Å²) in [4.78, 5) is 24.9. The van der Waals surface area contributed by atoms with Crippen molar-refractivity contribution < 1.29 is 33.6 Å². The SMILES string of the molecule is CCOC(=O)CNC(=O)NCc1ccccc1-c1ccc(C2OC(CSc3ccccc3OC)CC(c3ccc(CO)cc3)O2)cc1. The van der Waals surface area contributed by atoms with E-state index in [0.29, 0.717) is 6.42 Å². The molecule has 2 amide bonds. The van der Waals surface area contributed by atoms with Crippen LogP contribution >= 0.6 is 11.8 Å². The predicted octanol–water partition coefficient (Wildman–Crippen LogP) is 6.55. The minimum Gasteiger partial charge on any atom is -0.496 e. The largest absolute Gasteiger partial charge is 0.496 e. The summed E-state index contributed by atoms with van der Waals surface area (Å²) in [5.74, 6) is 1.07. The Morgan fingerprint density at radius 1 is 0.894 bits per heavy atom. The second kappa shape index (κ2) is 17.0. The number of aliphatic hydroxyl groups excluding tert-OH is 1. The molecule has 1 aliphatic heterocycles. The lowest BCUT2D eigenvalue weighted by atomic mass is 9.98. The Bertz CT molecular complexity index is 1610. The number of carbonyl (C=O) groups is 2. The molecular weight excluding hydrogens is 616 g/mol. The summed E-state index contributed by atoms with van der Waals surface area (Å²) < 4.78 is 23.5. The normalized spacial score (nSPS) is 17.5. The minimum atomic E-state index is -0.580. The fourth-order valence-corrected chi connectivity index (χ4v) is 6.37. The Morgan fingerprint density at radius 3 is 2.36 bits per heavy atom. The lowest BCUT2D eigenvalue weighted by Gasteiger charge is -2.36. The van der Waals surface area contributed by atoms with Crippen molar-refractivity contribution in [3.05, 3.63) is 119 Å². The molecule has 5 rings (SSSR count). The summed E-state index contributed by atoms with van der Waals surface area (Å²) >= 11 is 1.70. The molecule has 1 heterocycles. The zero-order chi connectivity index (χ0) is 33.0. The third kappa shape index (κ3) is 9.36. The van der Waals surface area contributed by atoms with E-state index in [1.165, 1.54) is 0 Å². The monoisotopic (exact) mass is 656 g/mol. The number of hydrogen-bond donors (Lipinski definition) is 3. The van der Waals surface area contributed by atoms with Gasteiger partial charge in [-0.1, -0.05) is 84.9 Å². The number of urea groups is 1. The zero-order valence-corrected chi connectivity index (χ0v) is 27.3. The van der Waals surface area contributed by atoms with E-state index in [2.05, 4.69) is 10.6 Å². The Morgan fingerprint density at radius 2 is 1.62 bits per heavy atom. The van der Waals surface area contributed by atoms with E-state index in [9.17, 15) is 14.7 Å². The molecule has 3 N–H and O–H groups in total. The number of hydrogen-bond acceptors (Lipinski definition) is 8. The van der Waals surface area contributed by atoms with Gasteiger partial charge in [0.15, 0.2) is 6.29 Å². The number of para-hydroxylation sites is 1. The van der Waals surface area contributed by atoms with Crippen LogP contribution in [0.5, 0.6) is 5.75 Å². The number of carbonyl (C=O) groups excluding carboxylic acids is 2. The van der Waals surface area contributed by atoms with Gasteiger partial charge in [0.1, 0.15) is 12.3 Å². The second-order valence-electron chi connectivity index (χ2n) is 10.9. The van der Waals surface area contributed by atoms with Gasteiger partial charge in [-0.2, -0.15) is 0 Å². The van der Waals surface area contributed by atoms with E-state index in [-0.39, 0.29) is 38.5 Å². The topological polar surface area (TPSA) is 115 Å². The fraction of sp³-hybridized carbons (Fsp3) is 0.297. The van der Waals surface area contributed by atoms with Gasteiger partial charge in [-0.05, 0) is 46.9 Å². The highest BCUT2D eigenvalue weighted by molar-refractivity contribution is 7.99. The third-order valence-corrected chi connectivity index (χ3v) is 8.94. The molecule has 3 atom stereocenters. The maximum atomic E-state index is 12.3. The van der Waals surface area contributed by atoms with Gasteiger partial charge in [0.2, 0.25) is 0 Å². The molecule has 1 saturated heterocycles. The molecule has 0 aromatic heterocycles. The molecule has 0 saturated carbocycles. The van der Waals surface area contributed by atoms with Crippen LogP contribution in [0.4, 0.5) is 4.79 Å². The van der Waals surface area contributed by atoms with Crippen LogP contribution in [0.15, 0.2) is 102 Å². The average Bonchev–Trinajstić information content (AvgIpc) is 3.12. The van der Waals surface area contributed by atoms with Gasteiger partial charge in [-0.15, -0.1) is 11.8 Å². The lowest BCUT2D eigenvalue weighted by Crippen LogP contribution is -2.38. The van der Waals surface area contributed by atoms with E-state index in [0.717, 1.165) is 49.8 Å². The summed E-state index contributed by atoms with van der Waals surface area (Å²) in [6.45, 7) is 2.06. The van der Waals surface area contributed by atoms with Gasteiger partial charge in [-0.25, -0.2) is 4.79 Å². The Labute approximate surface area is 279 Å². The third-order valence-electron chi connectivity index (χ3n) is 7.76. The Hall–Kier alpha value is -4.35. The molecule has 1 aliphatic rings. The van der Waals surface area contributed by atoms with Crippen LogP contribution in [0.1, 0.15) is 48.0 Å². The predicted molar refractivity (Wildman–Crippen MR) is 181 cm³/mol. The van der Waals surface area contributed by atoms with Gasteiger partial charge in [0.25, 0.3) is 0 Å². The summed E-state index contributed by atoms with van der Waals surface area (Å²) in [5, 5.41) is 14.9. The number of amides is 2. The minimum absolute atomic E-state index is 0.00999. The van der Waals surface area contributed by atoms with Gasteiger partial charge in [-0.3, -0.25) is 4.79 Å². The first-order chi connectivity index (χ1) is 23.0. The number of benzene rings is 4. The number of thioether (sulfide) groups is 1. The second-order valence-corrected chi connectivity index (χ2v) is 12.0. The molecule has 0 aliphatic carbocycles. The smallest absolute Gasteiger partial charge is 0.325 e. The van der Waals surface area contributed by atoms with E-state index in [4.69, 9.17) is 18.9 Å². The van der Waals surface area contributed by atoms with Crippen LogP contribution in [-0.2, 0) is 32.2 Å². The van der Waals surface area contributed by atoms with Crippen LogP contribution in [0.25, 0.3) is 11.1 Å². The number of aliphatic hydroxyl groups is 1.